The number of aliphatic carboxylic acids is 1. The molecule has 1 aromatic carbocycles. The molecule has 12 heteroatoms. The van der Waals surface area contributed by atoms with Gasteiger partial charge in [0, 0.05) is 5.92 Å². The first kappa shape index (κ1) is 28.5. The van der Waals surface area contributed by atoms with E-state index >= 15 is 0 Å². The van der Waals surface area contributed by atoms with Crippen molar-refractivity contribution in [3.63, 3.8) is 0 Å². The average Bonchev–Trinajstić information content (AvgIpc) is 2.78. The van der Waals surface area contributed by atoms with Gasteiger partial charge in [0.05, 0.1) is 27.4 Å². The molecule has 0 spiro atoms. The van der Waals surface area contributed by atoms with Gasteiger partial charge in [-0.1, -0.05) is 26.8 Å². The van der Waals surface area contributed by atoms with Crippen molar-refractivity contribution in [2.45, 2.75) is 39.2 Å². The van der Waals surface area contributed by atoms with Gasteiger partial charge in [-0.15, -0.1) is 0 Å². The van der Waals surface area contributed by atoms with E-state index in [9.17, 15) is 24.3 Å². The maximum Gasteiger partial charge on any atom is 0.513 e. The molecule has 190 valence electrons. The summed E-state index contributed by atoms with van der Waals surface area (Å²) in [7, 11) is 2.17. The lowest BCUT2D eigenvalue weighted by Crippen LogP contribution is -2.40. The minimum atomic E-state index is -1.41. The van der Waals surface area contributed by atoms with E-state index in [4.69, 9.17) is 24.7 Å². The van der Waals surface area contributed by atoms with Gasteiger partial charge in [-0.05, 0) is 36.0 Å². The van der Waals surface area contributed by atoms with Crippen LogP contribution in [-0.4, -0.2) is 63.0 Å². The van der Waals surface area contributed by atoms with Crippen molar-refractivity contribution in [1.29, 1.82) is 0 Å². The number of methoxy groups -OCH3 is 2. The third-order valence-corrected chi connectivity index (χ3v) is 4.74. The number of carboxylic acid groups (broad SMARTS) is 1. The lowest BCUT2D eigenvalue weighted by atomic mass is 9.82. The highest BCUT2D eigenvalue weighted by Crippen LogP contribution is 2.36. The van der Waals surface area contributed by atoms with Crippen LogP contribution in [0.5, 0.6) is 11.5 Å². The minimum absolute atomic E-state index is 0.179. The van der Waals surface area contributed by atoms with Crippen LogP contribution in [0.1, 0.15) is 38.7 Å². The Morgan fingerprint density at radius 1 is 0.912 bits per heavy atom. The fourth-order valence-corrected chi connectivity index (χ4v) is 2.93. The predicted molar refractivity (Wildman–Crippen MR) is 117 cm³/mol. The van der Waals surface area contributed by atoms with Crippen LogP contribution in [0, 0.1) is 11.8 Å². The van der Waals surface area contributed by atoms with Crippen LogP contribution in [0.4, 0.5) is 14.4 Å². The zero-order valence-electron chi connectivity index (χ0n) is 19.8. The summed E-state index contributed by atoms with van der Waals surface area (Å²) in [6.45, 7) is 5.59. The van der Waals surface area contributed by atoms with E-state index in [0.717, 1.165) is 14.2 Å². The Kier molecular flexibility index (Phi) is 11.6. The van der Waals surface area contributed by atoms with E-state index < -0.39 is 42.3 Å². The second-order valence-corrected chi connectivity index (χ2v) is 7.78. The van der Waals surface area contributed by atoms with Crippen LogP contribution in [0.2, 0.25) is 0 Å². The molecule has 0 aromatic heterocycles. The average molecular weight is 485 g/mol. The number of ether oxygens (including phenoxy) is 6. The van der Waals surface area contributed by atoms with Crippen molar-refractivity contribution in [2.24, 2.45) is 17.6 Å². The standard InChI is InChI=1S/C22H31NO11/c1-12(2)8-9-31-22(28)32-11-13(3)17(18(23)19(24)25)14-6-7-15(33-20(26)29-4)16(10-14)34-21(27)30-5/h6-7,10,12-13,17-18H,8-9,11,23H2,1-5H3,(H,24,25)/t13?,17?,18-/m0/s1. The Morgan fingerprint density at radius 2 is 1.50 bits per heavy atom. The molecule has 0 aliphatic carbocycles. The Hall–Kier alpha value is -3.54. The van der Waals surface area contributed by atoms with Gasteiger partial charge in [0.15, 0.2) is 11.5 Å². The zero-order valence-corrected chi connectivity index (χ0v) is 19.8. The van der Waals surface area contributed by atoms with Crippen molar-refractivity contribution in [3.05, 3.63) is 23.8 Å². The van der Waals surface area contributed by atoms with Gasteiger partial charge in [0.2, 0.25) is 0 Å². The minimum Gasteiger partial charge on any atom is -0.480 e. The predicted octanol–water partition coefficient (Wildman–Crippen LogP) is 3.31. The molecule has 0 bridgehead atoms. The number of carbonyl (C=O) groups is 4. The Bertz CT molecular complexity index is 855. The monoisotopic (exact) mass is 485 g/mol. The summed E-state index contributed by atoms with van der Waals surface area (Å²) in [5, 5.41) is 9.52. The van der Waals surface area contributed by atoms with E-state index in [1.165, 1.54) is 18.2 Å². The van der Waals surface area contributed by atoms with Crippen LogP contribution >= 0.6 is 0 Å². The molecule has 1 rings (SSSR count). The van der Waals surface area contributed by atoms with Gasteiger partial charge in [0.25, 0.3) is 0 Å². The Labute approximate surface area is 197 Å². The molecule has 0 aliphatic heterocycles. The Morgan fingerprint density at radius 3 is 2.03 bits per heavy atom. The van der Waals surface area contributed by atoms with Gasteiger partial charge >= 0.3 is 24.4 Å². The fraction of sp³-hybridized carbons (Fsp3) is 0.545. The molecular formula is C22H31NO11. The van der Waals surface area contributed by atoms with Crippen LogP contribution in [0.15, 0.2) is 18.2 Å². The second-order valence-electron chi connectivity index (χ2n) is 7.78. The molecule has 0 radical (unpaired) electrons. The number of benzene rings is 1. The van der Waals surface area contributed by atoms with Gasteiger partial charge in [-0.25, -0.2) is 14.4 Å². The topological polar surface area (TPSA) is 170 Å². The highest BCUT2D eigenvalue weighted by atomic mass is 16.7. The van der Waals surface area contributed by atoms with Gasteiger partial charge in [-0.2, -0.15) is 0 Å². The van der Waals surface area contributed by atoms with Gasteiger partial charge in [-0.3, -0.25) is 4.79 Å². The van der Waals surface area contributed by atoms with Crippen LogP contribution in [-0.2, 0) is 23.7 Å². The summed E-state index contributed by atoms with van der Waals surface area (Å²) in [6, 6.07) is 2.58. The summed E-state index contributed by atoms with van der Waals surface area (Å²) in [5.41, 5.74) is 6.24. The van der Waals surface area contributed by atoms with Crippen LogP contribution < -0.4 is 15.2 Å². The highest BCUT2D eigenvalue weighted by molar-refractivity contribution is 5.75. The normalized spacial score (nSPS) is 13.3. The lowest BCUT2D eigenvalue weighted by molar-refractivity contribution is -0.139. The zero-order chi connectivity index (χ0) is 25.8. The number of carboxylic acids is 1. The van der Waals surface area contributed by atoms with Crippen LogP contribution in [0.3, 0.4) is 0 Å². The molecule has 0 saturated heterocycles. The number of carbonyl (C=O) groups excluding carboxylic acids is 3. The van der Waals surface area contributed by atoms with E-state index in [0.29, 0.717) is 17.9 Å². The smallest absolute Gasteiger partial charge is 0.480 e. The van der Waals surface area contributed by atoms with Crippen molar-refractivity contribution < 1.29 is 52.7 Å². The molecule has 2 unspecified atom stereocenters. The molecule has 3 N–H and O–H groups in total. The number of hydrogen-bond donors (Lipinski definition) is 2. The molecule has 0 fully saturated rings. The highest BCUT2D eigenvalue weighted by Gasteiger charge is 2.33. The van der Waals surface area contributed by atoms with Gasteiger partial charge < -0.3 is 39.3 Å². The van der Waals surface area contributed by atoms with Crippen molar-refractivity contribution in [1.82, 2.24) is 0 Å². The summed E-state index contributed by atoms with van der Waals surface area (Å²) >= 11 is 0. The summed E-state index contributed by atoms with van der Waals surface area (Å²) in [4.78, 5) is 46.7. The Balaban J connectivity index is 3.16. The molecule has 0 heterocycles. The quantitative estimate of drug-likeness (QED) is 0.267. The first-order chi connectivity index (χ1) is 16.0. The number of nitrogens with two attached hydrogens (primary N) is 1. The third-order valence-electron chi connectivity index (χ3n) is 4.74. The third kappa shape index (κ3) is 9.14. The van der Waals surface area contributed by atoms with E-state index in [1.54, 1.807) is 6.92 Å². The van der Waals surface area contributed by atoms with E-state index in [2.05, 4.69) is 9.47 Å². The summed E-state index contributed by atoms with van der Waals surface area (Å²) in [5.74, 6) is -2.87. The first-order valence-electron chi connectivity index (χ1n) is 10.4. The summed E-state index contributed by atoms with van der Waals surface area (Å²) < 4.78 is 29.0. The second kappa shape index (κ2) is 13.9. The molecule has 0 saturated carbocycles. The molecular weight excluding hydrogens is 454 g/mol. The molecule has 3 atom stereocenters. The largest absolute Gasteiger partial charge is 0.513 e. The number of rotatable bonds is 11. The van der Waals surface area contributed by atoms with Crippen molar-refractivity contribution in [3.8, 4) is 11.5 Å². The molecule has 0 aliphatic rings. The molecule has 12 nitrogen and oxygen atoms in total. The van der Waals surface area contributed by atoms with E-state index in [-0.39, 0.29) is 24.7 Å². The number of hydrogen-bond acceptors (Lipinski definition) is 11. The van der Waals surface area contributed by atoms with Crippen LogP contribution in [0.25, 0.3) is 0 Å². The first-order valence-corrected chi connectivity index (χ1v) is 10.4. The van der Waals surface area contributed by atoms with E-state index in [1.807, 2.05) is 13.8 Å². The van der Waals surface area contributed by atoms with Gasteiger partial charge in [0.1, 0.15) is 6.04 Å². The molecule has 0 amide bonds. The maximum atomic E-state index is 11.9. The SMILES string of the molecule is COC(=O)Oc1ccc(C(C(C)COC(=O)OCCC(C)C)[C@H](N)C(=O)O)cc1OC(=O)OC. The lowest BCUT2D eigenvalue weighted by Gasteiger charge is -2.27. The maximum absolute atomic E-state index is 11.9. The van der Waals surface area contributed by atoms with Crippen molar-refractivity contribution >= 4 is 24.4 Å². The summed E-state index contributed by atoms with van der Waals surface area (Å²) in [6.07, 6.45) is -2.39. The molecule has 34 heavy (non-hydrogen) atoms. The fourth-order valence-electron chi connectivity index (χ4n) is 2.93. The molecule has 1 aromatic rings. The van der Waals surface area contributed by atoms with Crippen molar-refractivity contribution in [2.75, 3.05) is 27.4 Å².